The van der Waals surface area contributed by atoms with Crippen molar-refractivity contribution < 1.29 is 76.9 Å². The molecule has 0 spiro atoms. The molecule has 0 unspecified atom stereocenters. The third-order valence-electron chi connectivity index (χ3n) is 3.77. The summed E-state index contributed by atoms with van der Waals surface area (Å²) in [6, 6.07) is 14.1. The van der Waals surface area contributed by atoms with Crippen LogP contribution in [-0.2, 0) is 0 Å². The van der Waals surface area contributed by atoms with E-state index in [4.69, 9.17) is 20.4 Å². The Hall–Kier alpha value is -4.67. The molecule has 4 aromatic rings. The molecule has 0 bridgehead atoms. The van der Waals surface area contributed by atoms with E-state index < -0.39 is 23.9 Å². The molecule has 0 saturated carbocycles. The molecule has 0 aliphatic carbocycles. The summed E-state index contributed by atoms with van der Waals surface area (Å²) in [6.07, 6.45) is 5.49. The fourth-order valence-corrected chi connectivity index (χ4v) is 2.12. The van der Waals surface area contributed by atoms with Crippen LogP contribution in [0.25, 0.3) is 0 Å². The van der Waals surface area contributed by atoms with Crippen LogP contribution in [0, 0.1) is 37.3 Å². The van der Waals surface area contributed by atoms with Crippen molar-refractivity contribution in [2.24, 2.45) is 0 Å². The van der Waals surface area contributed by atoms with Crippen molar-refractivity contribution in [2.75, 3.05) is 0 Å². The molecule has 0 amide bonds. The van der Waals surface area contributed by atoms with Crippen molar-refractivity contribution in [3.8, 4) is 0 Å². The second-order valence-electron chi connectivity index (χ2n) is 6.53. The molecule has 0 aliphatic heterocycles. The smallest absolute Gasteiger partial charge is 0.354 e. The minimum atomic E-state index is -1.13. The van der Waals surface area contributed by atoms with E-state index in [1.807, 2.05) is 0 Å². The first-order valence-corrected chi connectivity index (χ1v) is 10.1. The number of carboxylic acids is 4. The van der Waals surface area contributed by atoms with Gasteiger partial charge in [0.2, 0.25) is 0 Å². The number of hydrogen-bond donors (Lipinski definition) is 6. The molecule has 0 fully saturated rings. The Labute approximate surface area is 248 Å². The van der Waals surface area contributed by atoms with Crippen LogP contribution in [0.2, 0.25) is 0 Å². The van der Waals surface area contributed by atoms with E-state index in [0.29, 0.717) is 0 Å². The van der Waals surface area contributed by atoms with Crippen LogP contribution in [0.15, 0.2) is 95.0 Å². The topological polar surface area (TPSA) is 241 Å². The number of aromatic carboxylic acids is 4. The molecule has 0 aromatic carbocycles. The van der Waals surface area contributed by atoms with Crippen molar-refractivity contribution in [3.05, 3.63) is 129 Å². The van der Waals surface area contributed by atoms with Crippen molar-refractivity contribution in [2.45, 2.75) is 0 Å². The van der Waals surface area contributed by atoms with E-state index >= 15 is 0 Å². The Balaban J connectivity index is 0.000000490. The summed E-state index contributed by atoms with van der Waals surface area (Å²) in [6.45, 7) is 0. The second-order valence-corrected chi connectivity index (χ2v) is 6.53. The summed E-state index contributed by atoms with van der Waals surface area (Å²) < 4.78 is 0. The number of H-pyrrole nitrogens is 2. The van der Waals surface area contributed by atoms with Crippen molar-refractivity contribution in [1.82, 2.24) is 19.9 Å². The monoisotopic (exact) mass is 690 g/mol. The van der Waals surface area contributed by atoms with E-state index in [2.05, 4.69) is 19.9 Å². The summed E-state index contributed by atoms with van der Waals surface area (Å²) in [5, 5.41) is 33.3. The quantitative estimate of drug-likeness (QED) is 0.179. The van der Waals surface area contributed by atoms with Crippen molar-refractivity contribution in [1.29, 1.82) is 0 Å². The van der Waals surface area contributed by atoms with E-state index in [1.165, 1.54) is 49.1 Å². The van der Waals surface area contributed by atoms with Gasteiger partial charge < -0.3 is 30.4 Å². The Morgan fingerprint density at radius 2 is 0.923 bits per heavy atom. The molecule has 15 heteroatoms. The van der Waals surface area contributed by atoms with Crippen LogP contribution in [0.5, 0.6) is 0 Å². The zero-order valence-corrected chi connectivity index (χ0v) is 21.4. The van der Waals surface area contributed by atoms with Gasteiger partial charge in [-0.15, -0.1) is 0 Å². The predicted molar refractivity (Wildman–Crippen MR) is 130 cm³/mol. The van der Waals surface area contributed by atoms with Gasteiger partial charge in [-0.25, -0.2) is 29.1 Å². The van der Waals surface area contributed by atoms with Gasteiger partial charge in [0.25, 0.3) is 0 Å². The molecule has 4 rings (SSSR count). The summed E-state index contributed by atoms with van der Waals surface area (Å²) in [4.78, 5) is 73.6. The Morgan fingerprint density at radius 3 is 1.10 bits per heavy atom. The van der Waals surface area contributed by atoms with E-state index in [-0.39, 0.29) is 70.9 Å². The zero-order chi connectivity index (χ0) is 28.5. The minimum absolute atomic E-state index is 0. The van der Waals surface area contributed by atoms with Gasteiger partial charge >= 0.3 is 23.9 Å². The third-order valence-corrected chi connectivity index (χ3v) is 3.77. The number of pyridine rings is 4. The molecular formula is C24H20ErN4O10. The van der Waals surface area contributed by atoms with E-state index in [0.717, 1.165) is 12.1 Å². The van der Waals surface area contributed by atoms with Gasteiger partial charge in [-0.2, -0.15) is 0 Å². The number of nitrogens with zero attached hydrogens (tertiary/aromatic N) is 2. The fraction of sp³-hybridized carbons (Fsp3) is 0. The number of aromatic amines is 2. The number of aromatic nitrogens is 4. The standard InChI is InChI=1S/2C6H5NO3.2C6H5NO2.Er/c2*8-4-1-2-7-5(3-4)6(9)10;2*8-6(9)5-3-1-2-4-7-5;/h2*1-3H,(H,7,8)(H,9,10);2*1-4H,(H,8,9);. The first-order chi connectivity index (χ1) is 18.0. The molecular weight excluding hydrogens is 672 g/mol. The number of rotatable bonds is 4. The second kappa shape index (κ2) is 18.6. The van der Waals surface area contributed by atoms with Crippen LogP contribution in [0.1, 0.15) is 42.0 Å². The zero-order valence-electron chi connectivity index (χ0n) is 19.5. The number of carboxylic acid groups (broad SMARTS) is 4. The Morgan fingerprint density at radius 1 is 0.564 bits per heavy atom. The first-order valence-electron chi connectivity index (χ1n) is 10.1. The van der Waals surface area contributed by atoms with Gasteiger partial charge in [0.05, 0.1) is 0 Å². The maximum Gasteiger partial charge on any atom is 0.354 e. The molecule has 14 nitrogen and oxygen atoms in total. The molecule has 0 atom stereocenters. The van der Waals surface area contributed by atoms with Gasteiger partial charge in [-0.05, 0) is 24.3 Å². The number of nitrogens with one attached hydrogen (secondary N) is 2. The fourth-order valence-electron chi connectivity index (χ4n) is 2.12. The normalized spacial score (nSPS) is 8.82. The summed E-state index contributed by atoms with van der Waals surface area (Å²) >= 11 is 0. The molecule has 0 saturated heterocycles. The van der Waals surface area contributed by atoms with E-state index in [1.54, 1.807) is 24.3 Å². The average molecular weight is 692 g/mol. The number of hydrogen-bond acceptors (Lipinski definition) is 8. The maximum absolute atomic E-state index is 10.5. The van der Waals surface area contributed by atoms with Crippen molar-refractivity contribution >= 4 is 23.9 Å². The largest absolute Gasteiger partial charge is 0.477 e. The molecule has 208 valence electrons. The Bertz CT molecular complexity index is 1360. The predicted octanol–water partition coefficient (Wildman–Crippen LogP) is 1.71. The molecule has 0 radical (unpaired) electrons. The van der Waals surface area contributed by atoms with Gasteiger partial charge in [0.1, 0.15) is 22.8 Å². The third kappa shape index (κ3) is 14.6. The number of carbonyl (C=O) groups is 4. The maximum atomic E-state index is 10.5. The molecule has 0 aliphatic rings. The summed E-state index contributed by atoms with van der Waals surface area (Å²) in [7, 11) is 0. The molecule has 39 heavy (non-hydrogen) atoms. The van der Waals surface area contributed by atoms with E-state index in [9.17, 15) is 28.8 Å². The average Bonchev–Trinajstić information content (AvgIpc) is 2.91. The van der Waals surface area contributed by atoms with Crippen LogP contribution in [0.4, 0.5) is 0 Å². The summed E-state index contributed by atoms with van der Waals surface area (Å²) in [5.41, 5.74) is -0.637. The van der Waals surface area contributed by atoms with Crippen LogP contribution < -0.4 is 10.9 Å². The Kier molecular flexibility index (Phi) is 16.3. The van der Waals surface area contributed by atoms with Crippen LogP contribution in [-0.4, -0.2) is 64.2 Å². The van der Waals surface area contributed by atoms with Gasteiger partial charge in [0.15, 0.2) is 10.9 Å². The SMILES string of the molecule is O=C(O)c1cc(=O)cc[nH]1.O=C(O)c1cc(=O)cc[nH]1.O=C(O)c1ccccn1.O=C(O)c1ccccn1.[Er]. The molecule has 4 heterocycles. The van der Waals surface area contributed by atoms with Gasteiger partial charge in [-0.1, -0.05) is 12.1 Å². The molecule has 4 aromatic heterocycles. The van der Waals surface area contributed by atoms with Crippen molar-refractivity contribution in [3.63, 3.8) is 0 Å². The van der Waals surface area contributed by atoms with Gasteiger partial charge in [-0.3, -0.25) is 9.59 Å². The molecule has 6 N–H and O–H groups in total. The van der Waals surface area contributed by atoms with Crippen LogP contribution in [0.3, 0.4) is 0 Å². The van der Waals surface area contributed by atoms with Gasteiger partial charge in [0, 0.05) is 86.4 Å². The van der Waals surface area contributed by atoms with Crippen LogP contribution >= 0.6 is 0 Å². The minimum Gasteiger partial charge on any atom is -0.477 e. The summed E-state index contributed by atoms with van der Waals surface area (Å²) in [5.74, 6) is -4.23. The first kappa shape index (κ1) is 34.3.